The molecule has 0 heterocycles. The highest BCUT2D eigenvalue weighted by molar-refractivity contribution is 5.76. The fourth-order valence-electron chi connectivity index (χ4n) is 3.56. The molecule has 0 amide bonds. The maximum absolute atomic E-state index is 11.9. The van der Waals surface area contributed by atoms with E-state index < -0.39 is 11.9 Å². The lowest BCUT2D eigenvalue weighted by atomic mass is 9.85. The summed E-state index contributed by atoms with van der Waals surface area (Å²) in [6.45, 7) is 0. The Balaban J connectivity index is 1.88. The third-order valence-electron chi connectivity index (χ3n) is 4.96. The number of ether oxygens (including phenoxy) is 2. The molecule has 0 saturated heterocycles. The fraction of sp³-hybridized carbons (Fsp3) is 0.381. The molecule has 1 aliphatic carbocycles. The van der Waals surface area contributed by atoms with Crippen LogP contribution in [0.15, 0.2) is 36.4 Å². The topological polar surface area (TPSA) is 55.8 Å². The number of rotatable bonds is 6. The van der Waals surface area contributed by atoms with Gasteiger partial charge in [0, 0.05) is 0 Å². The summed E-state index contributed by atoms with van der Waals surface area (Å²) in [6, 6.07) is 11.7. The first-order chi connectivity index (χ1) is 12.1. The zero-order valence-corrected chi connectivity index (χ0v) is 14.7. The summed E-state index contributed by atoms with van der Waals surface area (Å²) in [5.41, 5.74) is 4.47. The Morgan fingerprint density at radius 1 is 1.00 bits per heavy atom. The quantitative estimate of drug-likeness (QED) is 0.864. The Morgan fingerprint density at radius 2 is 1.72 bits per heavy atom. The number of aryl methyl sites for hydroxylation is 2. The number of hydrogen-bond donors (Lipinski definition) is 1. The van der Waals surface area contributed by atoms with Crippen molar-refractivity contribution in [3.8, 4) is 11.5 Å². The van der Waals surface area contributed by atoms with Gasteiger partial charge < -0.3 is 14.6 Å². The van der Waals surface area contributed by atoms with E-state index in [1.807, 2.05) is 24.3 Å². The van der Waals surface area contributed by atoms with Gasteiger partial charge in [0.15, 0.2) is 11.5 Å². The lowest BCUT2D eigenvalue weighted by molar-refractivity contribution is -0.138. The van der Waals surface area contributed by atoms with Crippen LogP contribution in [0.2, 0.25) is 0 Å². The van der Waals surface area contributed by atoms with Gasteiger partial charge in [-0.3, -0.25) is 4.79 Å². The van der Waals surface area contributed by atoms with Crippen molar-refractivity contribution in [2.75, 3.05) is 14.2 Å². The molecule has 2 aromatic carbocycles. The number of benzene rings is 2. The van der Waals surface area contributed by atoms with Crippen molar-refractivity contribution in [3.05, 3.63) is 58.7 Å². The molecule has 1 aliphatic rings. The molecule has 2 aromatic rings. The first kappa shape index (κ1) is 17.3. The Hall–Kier alpha value is -2.49. The van der Waals surface area contributed by atoms with Crippen molar-refractivity contribution in [1.29, 1.82) is 0 Å². The van der Waals surface area contributed by atoms with Crippen LogP contribution >= 0.6 is 0 Å². The highest BCUT2D eigenvalue weighted by Gasteiger charge is 2.22. The maximum Gasteiger partial charge on any atom is 0.311 e. The van der Waals surface area contributed by atoms with E-state index in [1.54, 1.807) is 14.2 Å². The van der Waals surface area contributed by atoms with Crippen LogP contribution in [-0.4, -0.2) is 25.3 Å². The van der Waals surface area contributed by atoms with Crippen molar-refractivity contribution in [2.45, 2.75) is 38.0 Å². The first-order valence-electron chi connectivity index (χ1n) is 8.67. The van der Waals surface area contributed by atoms with E-state index in [2.05, 4.69) is 12.1 Å². The second kappa shape index (κ2) is 7.60. The van der Waals surface area contributed by atoms with Gasteiger partial charge in [-0.1, -0.05) is 24.3 Å². The predicted molar refractivity (Wildman–Crippen MR) is 96.7 cm³/mol. The zero-order chi connectivity index (χ0) is 17.8. The van der Waals surface area contributed by atoms with Gasteiger partial charge in [0.1, 0.15) is 0 Å². The van der Waals surface area contributed by atoms with Crippen molar-refractivity contribution in [1.82, 2.24) is 0 Å². The zero-order valence-electron chi connectivity index (χ0n) is 14.7. The molecular weight excluding hydrogens is 316 g/mol. The molecule has 0 bridgehead atoms. The van der Waals surface area contributed by atoms with Gasteiger partial charge >= 0.3 is 5.97 Å². The number of hydrogen-bond acceptors (Lipinski definition) is 3. The Kier molecular flexibility index (Phi) is 5.27. The number of carbonyl (C=O) groups is 1. The largest absolute Gasteiger partial charge is 0.493 e. The second-order valence-corrected chi connectivity index (χ2v) is 6.52. The molecule has 4 heteroatoms. The average molecular weight is 340 g/mol. The smallest absolute Gasteiger partial charge is 0.311 e. The minimum Gasteiger partial charge on any atom is -0.493 e. The summed E-state index contributed by atoms with van der Waals surface area (Å²) in [7, 11) is 3.17. The highest BCUT2D eigenvalue weighted by Crippen LogP contribution is 2.31. The van der Waals surface area contributed by atoms with Crippen LogP contribution in [0.4, 0.5) is 0 Å². The minimum absolute atomic E-state index is 0.425. The van der Waals surface area contributed by atoms with Crippen LogP contribution in [0, 0.1) is 0 Å². The number of carboxylic acids is 1. The van der Waals surface area contributed by atoms with Crippen LogP contribution in [0.3, 0.4) is 0 Å². The molecular formula is C21H24O4. The van der Waals surface area contributed by atoms with E-state index in [-0.39, 0.29) is 0 Å². The molecule has 132 valence electrons. The highest BCUT2D eigenvalue weighted by atomic mass is 16.5. The van der Waals surface area contributed by atoms with Crippen LogP contribution < -0.4 is 9.47 Å². The Bertz CT molecular complexity index is 766. The lowest BCUT2D eigenvalue weighted by Gasteiger charge is -2.20. The van der Waals surface area contributed by atoms with Gasteiger partial charge in [-0.15, -0.1) is 0 Å². The Labute approximate surface area is 148 Å². The molecule has 1 N–H and O–H groups in total. The molecule has 1 unspecified atom stereocenters. The van der Waals surface area contributed by atoms with E-state index in [9.17, 15) is 9.90 Å². The van der Waals surface area contributed by atoms with E-state index in [0.29, 0.717) is 17.9 Å². The molecule has 0 aliphatic heterocycles. The van der Waals surface area contributed by atoms with Gasteiger partial charge in [0.2, 0.25) is 0 Å². The van der Waals surface area contributed by atoms with Crippen LogP contribution in [0.25, 0.3) is 0 Å². The second-order valence-electron chi connectivity index (χ2n) is 6.52. The number of fused-ring (bicyclic) bond motifs is 1. The van der Waals surface area contributed by atoms with Crippen molar-refractivity contribution >= 4 is 5.97 Å². The molecule has 0 aromatic heterocycles. The van der Waals surface area contributed by atoms with Crippen LogP contribution in [-0.2, 0) is 24.1 Å². The molecule has 4 nitrogen and oxygen atoms in total. The van der Waals surface area contributed by atoms with Gasteiger partial charge in [0.25, 0.3) is 0 Å². The molecule has 0 fully saturated rings. The standard InChI is InChI=1S/C21H24O4/c1-24-19-10-7-14(12-20(19)25-2)11-18(21(22)23)17-9-8-15-5-3-4-6-16(15)13-17/h7-10,12-13,18H,3-6,11H2,1-2H3,(H,22,23). The number of methoxy groups -OCH3 is 2. The van der Waals surface area contributed by atoms with Gasteiger partial charge in [-0.05, 0) is 66.5 Å². The summed E-state index contributed by atoms with van der Waals surface area (Å²) in [6.07, 6.45) is 4.98. The van der Waals surface area contributed by atoms with Crippen molar-refractivity contribution in [3.63, 3.8) is 0 Å². The molecule has 0 radical (unpaired) electrons. The average Bonchev–Trinajstić information content (AvgIpc) is 2.65. The first-order valence-corrected chi connectivity index (χ1v) is 8.67. The van der Waals surface area contributed by atoms with E-state index in [0.717, 1.165) is 24.0 Å². The van der Waals surface area contributed by atoms with Gasteiger partial charge in [0.05, 0.1) is 20.1 Å². The van der Waals surface area contributed by atoms with E-state index >= 15 is 0 Å². The van der Waals surface area contributed by atoms with Crippen molar-refractivity contribution < 1.29 is 19.4 Å². The normalized spacial score (nSPS) is 14.5. The summed E-state index contributed by atoms with van der Waals surface area (Å²) in [4.78, 5) is 11.9. The Morgan fingerprint density at radius 3 is 2.40 bits per heavy atom. The fourth-order valence-corrected chi connectivity index (χ4v) is 3.56. The predicted octanol–water partition coefficient (Wildman–Crippen LogP) is 3.99. The molecule has 25 heavy (non-hydrogen) atoms. The maximum atomic E-state index is 11.9. The summed E-state index contributed by atoms with van der Waals surface area (Å²) in [5.74, 6) is -0.0997. The van der Waals surface area contributed by atoms with Gasteiger partial charge in [-0.2, -0.15) is 0 Å². The molecule has 0 spiro atoms. The number of aliphatic carboxylic acids is 1. The van der Waals surface area contributed by atoms with Gasteiger partial charge in [-0.25, -0.2) is 0 Å². The summed E-state index contributed by atoms with van der Waals surface area (Å²) in [5, 5.41) is 9.76. The molecule has 0 saturated carbocycles. The van der Waals surface area contributed by atoms with Crippen LogP contribution in [0.1, 0.15) is 41.0 Å². The SMILES string of the molecule is COc1ccc(CC(C(=O)O)c2ccc3c(c2)CCCC3)cc1OC. The van der Waals surface area contributed by atoms with E-state index in [1.165, 1.54) is 24.0 Å². The molecule has 1 atom stereocenters. The van der Waals surface area contributed by atoms with Crippen LogP contribution in [0.5, 0.6) is 11.5 Å². The minimum atomic E-state index is -0.800. The summed E-state index contributed by atoms with van der Waals surface area (Å²) < 4.78 is 10.6. The number of carboxylic acid groups (broad SMARTS) is 1. The third kappa shape index (κ3) is 3.78. The monoisotopic (exact) mass is 340 g/mol. The molecule has 3 rings (SSSR count). The lowest BCUT2D eigenvalue weighted by Crippen LogP contribution is -2.16. The third-order valence-corrected chi connectivity index (χ3v) is 4.96. The summed E-state index contributed by atoms with van der Waals surface area (Å²) >= 11 is 0. The van der Waals surface area contributed by atoms with Crippen molar-refractivity contribution in [2.24, 2.45) is 0 Å². The van der Waals surface area contributed by atoms with E-state index in [4.69, 9.17) is 9.47 Å².